The van der Waals surface area contributed by atoms with Crippen LogP contribution in [0, 0.1) is 5.41 Å². The van der Waals surface area contributed by atoms with Crippen LogP contribution >= 0.6 is 0 Å². The van der Waals surface area contributed by atoms with Crippen molar-refractivity contribution >= 4 is 11.6 Å². The molecule has 104 valence electrons. The van der Waals surface area contributed by atoms with E-state index in [1.807, 2.05) is 20.8 Å². The fraction of sp³-hybridized carbons (Fsp3) is 0.562. The molecule has 0 fully saturated rings. The van der Waals surface area contributed by atoms with Gasteiger partial charge in [-0.25, -0.2) is 0 Å². The van der Waals surface area contributed by atoms with E-state index < -0.39 is 0 Å². The molecule has 0 bridgehead atoms. The maximum absolute atomic E-state index is 11.9. The number of carbonyl (C=O) groups excluding carboxylic acids is 1. The molecule has 1 aromatic carbocycles. The highest BCUT2D eigenvalue weighted by Crippen LogP contribution is 2.23. The molecule has 1 heterocycles. The third-order valence-corrected chi connectivity index (χ3v) is 3.57. The van der Waals surface area contributed by atoms with Gasteiger partial charge in [-0.05, 0) is 30.9 Å². The molecular weight excluding hydrogens is 236 g/mol. The summed E-state index contributed by atoms with van der Waals surface area (Å²) < 4.78 is 0. The Bertz CT molecular complexity index is 448. The Morgan fingerprint density at radius 2 is 2.11 bits per heavy atom. The fourth-order valence-electron chi connectivity index (χ4n) is 2.34. The number of hydrogen-bond donors (Lipinski definition) is 2. The molecule has 0 aromatic heterocycles. The molecule has 1 aromatic rings. The van der Waals surface area contributed by atoms with Crippen molar-refractivity contribution in [3.63, 3.8) is 0 Å². The molecule has 1 aliphatic rings. The molecule has 0 radical (unpaired) electrons. The number of hydrogen-bond acceptors (Lipinski definition) is 2. The number of nitrogens with one attached hydrogen (secondary N) is 2. The molecule has 1 unspecified atom stereocenters. The zero-order valence-electron chi connectivity index (χ0n) is 12.1. The predicted octanol–water partition coefficient (Wildman–Crippen LogP) is 2.97. The van der Waals surface area contributed by atoms with Gasteiger partial charge in [-0.15, -0.1) is 0 Å². The van der Waals surface area contributed by atoms with Gasteiger partial charge in [0.25, 0.3) is 0 Å². The first-order valence-electron chi connectivity index (χ1n) is 7.09. The number of fused-ring (bicyclic) bond motifs is 1. The Kier molecular flexibility index (Phi) is 4.13. The number of benzene rings is 1. The molecule has 0 saturated carbocycles. The molecule has 2 N–H and O–H groups in total. The highest BCUT2D eigenvalue weighted by Gasteiger charge is 2.22. The van der Waals surface area contributed by atoms with Gasteiger partial charge in [0, 0.05) is 23.7 Å². The van der Waals surface area contributed by atoms with Crippen LogP contribution in [-0.2, 0) is 11.2 Å². The van der Waals surface area contributed by atoms with Gasteiger partial charge in [-0.2, -0.15) is 0 Å². The average Bonchev–Trinajstić information content (AvgIpc) is 2.56. The van der Waals surface area contributed by atoms with Crippen LogP contribution in [0.15, 0.2) is 24.3 Å². The van der Waals surface area contributed by atoms with Gasteiger partial charge in [0.2, 0.25) is 5.91 Å². The average molecular weight is 260 g/mol. The van der Waals surface area contributed by atoms with E-state index in [9.17, 15) is 4.79 Å². The second-order valence-electron chi connectivity index (χ2n) is 6.35. The van der Waals surface area contributed by atoms with E-state index in [-0.39, 0.29) is 11.3 Å². The molecule has 1 aliphatic heterocycles. The number of amides is 1. The maximum Gasteiger partial charge on any atom is 0.225 e. The van der Waals surface area contributed by atoms with Crippen LogP contribution in [0.1, 0.15) is 39.2 Å². The monoisotopic (exact) mass is 260 g/mol. The minimum atomic E-state index is -0.317. The number of aryl methyl sites for hydroxylation is 1. The first-order chi connectivity index (χ1) is 8.97. The highest BCUT2D eigenvalue weighted by molar-refractivity contribution is 5.81. The molecule has 19 heavy (non-hydrogen) atoms. The van der Waals surface area contributed by atoms with Gasteiger partial charge in [0.1, 0.15) is 0 Å². The van der Waals surface area contributed by atoms with Crippen LogP contribution in [0.2, 0.25) is 0 Å². The Morgan fingerprint density at radius 3 is 2.84 bits per heavy atom. The number of rotatable bonds is 2. The van der Waals surface area contributed by atoms with Crippen LogP contribution in [0.5, 0.6) is 0 Å². The lowest BCUT2D eigenvalue weighted by atomic mass is 9.95. The first kappa shape index (κ1) is 13.9. The Hall–Kier alpha value is -1.51. The van der Waals surface area contributed by atoms with Crippen molar-refractivity contribution in [3.8, 4) is 0 Å². The SMILES string of the molecule is CC(C)(C)C(=O)NCC1CCCc2ccccc2N1. The zero-order chi connectivity index (χ0) is 13.9. The minimum absolute atomic E-state index is 0.117. The molecule has 1 amide bonds. The summed E-state index contributed by atoms with van der Waals surface area (Å²) in [6, 6.07) is 8.77. The molecule has 3 nitrogen and oxygen atoms in total. The van der Waals surface area contributed by atoms with Crippen molar-refractivity contribution < 1.29 is 4.79 Å². The van der Waals surface area contributed by atoms with E-state index in [1.54, 1.807) is 0 Å². The van der Waals surface area contributed by atoms with Crippen LogP contribution < -0.4 is 10.6 Å². The topological polar surface area (TPSA) is 41.1 Å². The third kappa shape index (κ3) is 3.72. The highest BCUT2D eigenvalue weighted by atomic mass is 16.2. The minimum Gasteiger partial charge on any atom is -0.380 e. The normalized spacial score (nSPS) is 19.0. The zero-order valence-corrected chi connectivity index (χ0v) is 12.1. The first-order valence-corrected chi connectivity index (χ1v) is 7.09. The van der Waals surface area contributed by atoms with Gasteiger partial charge in [-0.1, -0.05) is 39.0 Å². The predicted molar refractivity (Wildman–Crippen MR) is 79.3 cm³/mol. The quantitative estimate of drug-likeness (QED) is 0.858. The number of anilines is 1. The smallest absolute Gasteiger partial charge is 0.225 e. The summed E-state index contributed by atoms with van der Waals surface area (Å²) in [6.07, 6.45) is 3.38. The summed E-state index contributed by atoms with van der Waals surface area (Å²) in [5, 5.41) is 6.60. The molecule has 0 saturated heterocycles. The van der Waals surface area contributed by atoms with Crippen molar-refractivity contribution in [2.45, 2.75) is 46.1 Å². The lowest BCUT2D eigenvalue weighted by Gasteiger charge is -2.22. The van der Waals surface area contributed by atoms with Crippen LogP contribution in [0.4, 0.5) is 5.69 Å². The largest absolute Gasteiger partial charge is 0.380 e. The van der Waals surface area contributed by atoms with Crippen molar-refractivity contribution in [3.05, 3.63) is 29.8 Å². The molecule has 0 spiro atoms. The van der Waals surface area contributed by atoms with E-state index in [4.69, 9.17) is 0 Å². The van der Waals surface area contributed by atoms with E-state index in [0.29, 0.717) is 12.6 Å². The third-order valence-electron chi connectivity index (χ3n) is 3.57. The van der Waals surface area contributed by atoms with Gasteiger partial charge < -0.3 is 10.6 Å². The maximum atomic E-state index is 11.9. The second kappa shape index (κ2) is 5.64. The van der Waals surface area contributed by atoms with Crippen LogP contribution in [0.3, 0.4) is 0 Å². The summed E-state index contributed by atoms with van der Waals surface area (Å²) in [4.78, 5) is 11.9. The molecule has 2 rings (SSSR count). The summed E-state index contributed by atoms with van der Waals surface area (Å²) in [7, 11) is 0. The molecule has 1 atom stereocenters. The van der Waals surface area contributed by atoms with Crippen molar-refractivity contribution in [2.24, 2.45) is 5.41 Å². The summed E-state index contributed by atoms with van der Waals surface area (Å²) in [5.41, 5.74) is 2.28. The summed E-state index contributed by atoms with van der Waals surface area (Å²) in [5.74, 6) is 0.117. The second-order valence-corrected chi connectivity index (χ2v) is 6.35. The molecule has 0 aliphatic carbocycles. The van der Waals surface area contributed by atoms with Crippen molar-refractivity contribution in [1.29, 1.82) is 0 Å². The van der Waals surface area contributed by atoms with E-state index >= 15 is 0 Å². The van der Waals surface area contributed by atoms with Gasteiger partial charge in [0.05, 0.1) is 0 Å². The van der Waals surface area contributed by atoms with Crippen LogP contribution in [-0.4, -0.2) is 18.5 Å². The molecular formula is C16H24N2O. The van der Waals surface area contributed by atoms with E-state index in [1.165, 1.54) is 17.7 Å². The van der Waals surface area contributed by atoms with Crippen LogP contribution in [0.25, 0.3) is 0 Å². The molecule has 3 heteroatoms. The number of para-hydroxylation sites is 1. The summed E-state index contributed by atoms with van der Waals surface area (Å²) in [6.45, 7) is 6.53. The fourth-order valence-corrected chi connectivity index (χ4v) is 2.34. The van der Waals surface area contributed by atoms with Crippen molar-refractivity contribution in [2.75, 3.05) is 11.9 Å². The van der Waals surface area contributed by atoms with Gasteiger partial charge >= 0.3 is 0 Å². The lowest BCUT2D eigenvalue weighted by Crippen LogP contribution is -2.41. The lowest BCUT2D eigenvalue weighted by molar-refractivity contribution is -0.128. The standard InChI is InChI=1S/C16H24N2O/c1-16(2,3)15(19)17-11-13-9-6-8-12-7-4-5-10-14(12)18-13/h4-5,7,10,13,18H,6,8-9,11H2,1-3H3,(H,17,19). The Morgan fingerprint density at radius 1 is 1.37 bits per heavy atom. The van der Waals surface area contributed by atoms with Gasteiger partial charge in [0.15, 0.2) is 0 Å². The van der Waals surface area contributed by atoms with Gasteiger partial charge in [-0.3, -0.25) is 4.79 Å². The number of carbonyl (C=O) groups is 1. The van der Waals surface area contributed by atoms with Crippen molar-refractivity contribution in [1.82, 2.24) is 5.32 Å². The summed E-state index contributed by atoms with van der Waals surface area (Å²) >= 11 is 0. The van der Waals surface area contributed by atoms with E-state index in [0.717, 1.165) is 12.8 Å². The Balaban J connectivity index is 1.94. The van der Waals surface area contributed by atoms with E-state index in [2.05, 4.69) is 34.9 Å². The Labute approximate surface area is 115 Å².